The first-order valence-corrected chi connectivity index (χ1v) is 14.7. The molecule has 2 fully saturated rings. The maximum absolute atomic E-state index is 13.9. The summed E-state index contributed by atoms with van der Waals surface area (Å²) in [6.07, 6.45) is 2.87. The molecule has 12 heteroatoms. The maximum atomic E-state index is 13.9. The molecule has 0 aromatic heterocycles. The van der Waals surface area contributed by atoms with Crippen molar-refractivity contribution in [2.24, 2.45) is 5.41 Å². The van der Waals surface area contributed by atoms with Gasteiger partial charge in [-0.25, -0.2) is 12.8 Å². The van der Waals surface area contributed by atoms with Crippen molar-refractivity contribution < 1.29 is 26.7 Å². The van der Waals surface area contributed by atoms with Gasteiger partial charge in [-0.1, -0.05) is 12.1 Å². The lowest BCUT2D eigenvalue weighted by Crippen LogP contribution is -2.49. The molecule has 1 aliphatic heterocycles. The average molecular weight is 576 g/mol. The molecule has 2 aromatic carbocycles. The number of benzene rings is 2. The second-order valence-electron chi connectivity index (χ2n) is 10.4. The van der Waals surface area contributed by atoms with E-state index >= 15 is 0 Å². The molecule has 1 heterocycles. The van der Waals surface area contributed by atoms with E-state index in [9.17, 15) is 22.0 Å². The molecule has 0 unspecified atom stereocenters. The number of carbonyl (C=O) groups excluding carboxylic acids is 1. The van der Waals surface area contributed by atoms with Crippen LogP contribution in [0.25, 0.3) is 0 Å². The Morgan fingerprint density at radius 2 is 1.82 bits per heavy atom. The van der Waals surface area contributed by atoms with E-state index in [1.54, 1.807) is 42.2 Å². The Labute approximate surface area is 233 Å². The zero-order valence-electron chi connectivity index (χ0n) is 22.5. The topological polar surface area (TPSA) is 129 Å². The number of alkyl halides is 1. The SMILES string of the molecule is Cc1cc(F)cc(NC(=O)/C(OCC2(CCF)CC2)=C(\C=N)N2CCN(S(=O)(=O)Cc3ccc(N)cc3)CC2)c1. The molecule has 9 nitrogen and oxygen atoms in total. The number of amides is 1. The van der Waals surface area contributed by atoms with Crippen LogP contribution in [0.4, 0.5) is 20.2 Å². The second-order valence-corrected chi connectivity index (χ2v) is 12.4. The lowest BCUT2D eigenvalue weighted by atomic mass is 10.1. The highest BCUT2D eigenvalue weighted by atomic mass is 32.2. The summed E-state index contributed by atoms with van der Waals surface area (Å²) >= 11 is 0. The molecular weight excluding hydrogens is 540 g/mol. The van der Waals surface area contributed by atoms with E-state index in [-0.39, 0.29) is 61.1 Å². The Kier molecular flexibility index (Phi) is 9.09. The van der Waals surface area contributed by atoms with Gasteiger partial charge in [0.2, 0.25) is 15.8 Å². The van der Waals surface area contributed by atoms with E-state index in [4.69, 9.17) is 15.9 Å². The smallest absolute Gasteiger partial charge is 0.293 e. The van der Waals surface area contributed by atoms with Gasteiger partial charge in [-0.15, -0.1) is 0 Å². The predicted molar refractivity (Wildman–Crippen MR) is 150 cm³/mol. The summed E-state index contributed by atoms with van der Waals surface area (Å²) < 4.78 is 60.5. The fourth-order valence-corrected chi connectivity index (χ4v) is 6.26. The van der Waals surface area contributed by atoms with Crippen LogP contribution in [0.15, 0.2) is 53.9 Å². The van der Waals surface area contributed by atoms with Crippen LogP contribution in [0.5, 0.6) is 0 Å². The number of aryl methyl sites for hydroxylation is 1. The Hall–Kier alpha value is -3.51. The first kappa shape index (κ1) is 29.5. The molecule has 4 rings (SSSR count). The zero-order chi connectivity index (χ0) is 28.9. The van der Waals surface area contributed by atoms with Gasteiger partial charge in [0.1, 0.15) is 11.5 Å². The molecule has 0 spiro atoms. The predicted octanol–water partition coefficient (Wildman–Crippen LogP) is 3.82. The van der Waals surface area contributed by atoms with E-state index in [1.807, 2.05) is 0 Å². The highest BCUT2D eigenvalue weighted by Crippen LogP contribution is 2.49. The van der Waals surface area contributed by atoms with Crippen molar-refractivity contribution in [2.45, 2.75) is 31.9 Å². The number of nitrogens with one attached hydrogen (secondary N) is 2. The molecule has 0 radical (unpaired) electrons. The van der Waals surface area contributed by atoms with Crippen LogP contribution in [-0.2, 0) is 25.3 Å². The van der Waals surface area contributed by atoms with Crippen LogP contribution >= 0.6 is 0 Å². The number of sulfonamides is 1. The van der Waals surface area contributed by atoms with Gasteiger partial charge in [0, 0.05) is 49.2 Å². The lowest BCUT2D eigenvalue weighted by molar-refractivity contribution is -0.116. The summed E-state index contributed by atoms with van der Waals surface area (Å²) in [7, 11) is -3.61. The van der Waals surface area contributed by atoms with Crippen molar-refractivity contribution >= 4 is 33.5 Å². The number of nitrogens with two attached hydrogens (primary N) is 1. The number of halogens is 2. The number of piperazine rings is 1. The quantitative estimate of drug-likeness (QED) is 0.153. The van der Waals surface area contributed by atoms with Crippen LogP contribution in [0.2, 0.25) is 0 Å². The minimum absolute atomic E-state index is 0.106. The third-order valence-electron chi connectivity index (χ3n) is 7.28. The summed E-state index contributed by atoms with van der Waals surface area (Å²) in [6, 6.07) is 10.8. The third-order valence-corrected chi connectivity index (χ3v) is 9.13. The van der Waals surface area contributed by atoms with Gasteiger partial charge in [-0.05, 0) is 67.6 Å². The lowest BCUT2D eigenvalue weighted by Gasteiger charge is -2.36. The van der Waals surface area contributed by atoms with Crippen molar-refractivity contribution in [1.82, 2.24) is 9.21 Å². The van der Waals surface area contributed by atoms with Crippen LogP contribution in [-0.4, -0.2) is 69.2 Å². The average Bonchev–Trinajstić information content (AvgIpc) is 3.67. The molecule has 4 N–H and O–H groups in total. The number of nitrogens with zero attached hydrogens (tertiary/aromatic N) is 2. The van der Waals surface area contributed by atoms with E-state index in [2.05, 4.69) is 5.32 Å². The van der Waals surface area contributed by atoms with Gasteiger partial charge in [0.05, 0.1) is 19.0 Å². The number of rotatable bonds is 12. The monoisotopic (exact) mass is 575 g/mol. The molecule has 2 aromatic rings. The molecule has 40 heavy (non-hydrogen) atoms. The number of allylic oxidation sites excluding steroid dienone is 1. The molecular formula is C28H35F2N5O4S. The van der Waals surface area contributed by atoms with Crippen molar-refractivity contribution in [2.75, 3.05) is 50.5 Å². The van der Waals surface area contributed by atoms with E-state index < -0.39 is 28.4 Å². The Morgan fingerprint density at radius 1 is 1.15 bits per heavy atom. The second kappa shape index (κ2) is 12.3. The van der Waals surface area contributed by atoms with Crippen LogP contribution in [0.3, 0.4) is 0 Å². The number of anilines is 2. The first-order chi connectivity index (χ1) is 19.0. The van der Waals surface area contributed by atoms with Crippen molar-refractivity contribution in [3.05, 3.63) is 70.9 Å². The summed E-state index contributed by atoms with van der Waals surface area (Å²) in [5.74, 6) is -1.48. The van der Waals surface area contributed by atoms with Gasteiger partial charge < -0.3 is 26.1 Å². The summed E-state index contributed by atoms with van der Waals surface area (Å²) in [6.45, 7) is 2.05. The highest BCUT2D eigenvalue weighted by molar-refractivity contribution is 7.88. The number of hydrogen-bond donors (Lipinski definition) is 3. The number of carbonyl (C=O) groups is 1. The molecule has 1 saturated heterocycles. The maximum Gasteiger partial charge on any atom is 0.293 e. The number of hydrogen-bond acceptors (Lipinski definition) is 7. The van der Waals surface area contributed by atoms with Crippen LogP contribution < -0.4 is 11.1 Å². The molecule has 0 bridgehead atoms. The standard InChI is InChI=1S/C28H35F2N5O4S/c1-20-14-22(30)16-24(15-20)33-27(36)26(39-19-28(6-7-28)8-9-29)25(17-31)34-10-12-35(13-11-34)40(37,38)18-21-2-4-23(32)5-3-21/h2-5,14-17,31H,6-13,18-19,32H2,1H3,(H,33,36)/b26-25-,31-17?. The molecule has 1 amide bonds. The van der Waals surface area contributed by atoms with E-state index in [0.29, 0.717) is 23.2 Å². The summed E-state index contributed by atoms with van der Waals surface area (Å²) in [5.41, 5.74) is 7.55. The fourth-order valence-electron chi connectivity index (χ4n) is 4.74. The van der Waals surface area contributed by atoms with Crippen molar-refractivity contribution in [3.63, 3.8) is 0 Å². The normalized spacial score (nSPS) is 17.6. The summed E-state index contributed by atoms with van der Waals surface area (Å²) in [5, 5.41) is 10.7. The van der Waals surface area contributed by atoms with Gasteiger partial charge in [-0.3, -0.25) is 9.18 Å². The third kappa shape index (κ3) is 7.36. The van der Waals surface area contributed by atoms with Crippen LogP contribution in [0, 0.1) is 23.6 Å². The molecule has 2 aliphatic rings. The molecule has 216 valence electrons. The van der Waals surface area contributed by atoms with Crippen molar-refractivity contribution in [1.29, 1.82) is 5.41 Å². The van der Waals surface area contributed by atoms with Gasteiger partial charge in [0.15, 0.2) is 0 Å². The van der Waals surface area contributed by atoms with Gasteiger partial charge >= 0.3 is 0 Å². The van der Waals surface area contributed by atoms with E-state index in [0.717, 1.165) is 19.1 Å². The number of nitrogen functional groups attached to an aromatic ring is 1. The molecule has 1 saturated carbocycles. The first-order valence-electron chi connectivity index (χ1n) is 13.1. The van der Waals surface area contributed by atoms with Gasteiger partial charge in [0.25, 0.3) is 5.91 Å². The minimum Gasteiger partial charge on any atom is -0.486 e. The molecule has 1 aliphatic carbocycles. The fraction of sp³-hybridized carbons (Fsp3) is 0.429. The summed E-state index contributed by atoms with van der Waals surface area (Å²) in [4.78, 5) is 15.1. The Balaban J connectivity index is 1.52. The highest BCUT2D eigenvalue weighted by Gasteiger charge is 2.44. The largest absolute Gasteiger partial charge is 0.486 e. The molecule has 0 atom stereocenters. The Morgan fingerprint density at radius 3 is 2.40 bits per heavy atom. The number of ether oxygens (including phenoxy) is 1. The Bertz CT molecular complexity index is 1350. The van der Waals surface area contributed by atoms with Gasteiger partial charge in [-0.2, -0.15) is 4.31 Å². The minimum atomic E-state index is -3.61. The van der Waals surface area contributed by atoms with Crippen molar-refractivity contribution in [3.8, 4) is 0 Å². The zero-order valence-corrected chi connectivity index (χ0v) is 23.3. The van der Waals surface area contributed by atoms with Crippen LogP contribution in [0.1, 0.15) is 30.4 Å². The van der Waals surface area contributed by atoms with E-state index in [1.165, 1.54) is 16.4 Å².